The minimum atomic E-state index is 1.06. The molecule has 0 atom stereocenters. The first-order valence-electron chi connectivity index (χ1n) is 6.98. The van der Waals surface area contributed by atoms with Crippen LogP contribution in [0.15, 0.2) is 0 Å². The minimum Gasteiger partial charge on any atom is -0.316 e. The predicted molar refractivity (Wildman–Crippen MR) is 73.6 cm³/mol. The van der Waals surface area contributed by atoms with Crippen molar-refractivity contribution in [2.24, 2.45) is 0 Å². The predicted octanol–water partition coefficient (Wildman–Crippen LogP) is -1.32. The third-order valence-electron chi connectivity index (χ3n) is 3.02. The van der Waals surface area contributed by atoms with Gasteiger partial charge < -0.3 is 21.3 Å². The van der Waals surface area contributed by atoms with Gasteiger partial charge in [-0.05, 0) is 6.54 Å². The molecule has 17 heavy (non-hydrogen) atoms. The maximum Gasteiger partial charge on any atom is 0.0108 e. The Morgan fingerprint density at radius 2 is 1.47 bits per heavy atom. The lowest BCUT2D eigenvalue weighted by Gasteiger charge is -2.27. The molecule has 0 spiro atoms. The maximum atomic E-state index is 3.48. The Morgan fingerprint density at radius 3 is 2.12 bits per heavy atom. The molecule has 0 amide bonds. The normalized spacial score (nSPS) is 17.5. The second kappa shape index (κ2) is 10.9. The summed E-state index contributed by atoms with van der Waals surface area (Å²) in [6, 6.07) is 0. The standard InChI is InChI=1S/C12H29N5/c1-2-13-3-4-14-5-6-15-7-10-17-11-8-16-9-12-17/h13-16H,2-12H2,1H3. The lowest BCUT2D eigenvalue weighted by atomic mass is 10.3. The Balaban J connectivity index is 1.75. The molecule has 0 radical (unpaired) electrons. The first kappa shape index (κ1) is 14.9. The van der Waals surface area contributed by atoms with Crippen LogP contribution in [0.3, 0.4) is 0 Å². The zero-order chi connectivity index (χ0) is 12.2. The third kappa shape index (κ3) is 8.51. The fraction of sp³-hybridized carbons (Fsp3) is 1.00. The fourth-order valence-corrected chi connectivity index (χ4v) is 1.95. The highest BCUT2D eigenvalue weighted by atomic mass is 15.2. The van der Waals surface area contributed by atoms with E-state index in [1.807, 2.05) is 0 Å². The van der Waals surface area contributed by atoms with E-state index in [1.54, 1.807) is 0 Å². The van der Waals surface area contributed by atoms with Crippen molar-refractivity contribution in [1.29, 1.82) is 0 Å². The summed E-state index contributed by atoms with van der Waals surface area (Å²) in [6.45, 7) is 14.4. The molecule has 1 aliphatic heterocycles. The molecular weight excluding hydrogens is 214 g/mol. The fourth-order valence-electron chi connectivity index (χ4n) is 1.95. The molecule has 0 aliphatic carbocycles. The summed E-state index contributed by atoms with van der Waals surface area (Å²) in [6.07, 6.45) is 0. The summed E-state index contributed by atoms with van der Waals surface area (Å²) in [5.41, 5.74) is 0. The van der Waals surface area contributed by atoms with Crippen molar-refractivity contribution >= 4 is 0 Å². The van der Waals surface area contributed by atoms with Gasteiger partial charge in [0, 0.05) is 65.4 Å². The molecule has 1 heterocycles. The number of nitrogens with zero attached hydrogens (tertiary/aromatic N) is 1. The van der Waals surface area contributed by atoms with Crippen molar-refractivity contribution in [3.05, 3.63) is 0 Å². The van der Waals surface area contributed by atoms with Crippen LogP contribution < -0.4 is 21.3 Å². The largest absolute Gasteiger partial charge is 0.316 e. The van der Waals surface area contributed by atoms with Crippen molar-refractivity contribution in [2.45, 2.75) is 6.92 Å². The van der Waals surface area contributed by atoms with Crippen LogP contribution in [0.25, 0.3) is 0 Å². The number of likely N-dealkylation sites (N-methyl/N-ethyl adjacent to an activating group) is 1. The zero-order valence-corrected chi connectivity index (χ0v) is 11.2. The van der Waals surface area contributed by atoms with Gasteiger partial charge in [-0.2, -0.15) is 0 Å². The number of rotatable bonds is 10. The van der Waals surface area contributed by atoms with Crippen LogP contribution in [-0.4, -0.2) is 76.9 Å². The van der Waals surface area contributed by atoms with Crippen LogP contribution in [0.1, 0.15) is 6.92 Å². The molecule has 0 bridgehead atoms. The van der Waals surface area contributed by atoms with Crippen molar-refractivity contribution in [3.63, 3.8) is 0 Å². The Labute approximate surface area is 106 Å². The van der Waals surface area contributed by atoms with E-state index < -0.39 is 0 Å². The van der Waals surface area contributed by atoms with Gasteiger partial charge in [0.05, 0.1) is 0 Å². The van der Waals surface area contributed by atoms with E-state index in [1.165, 1.54) is 19.6 Å². The number of hydrogen-bond donors (Lipinski definition) is 4. The monoisotopic (exact) mass is 243 g/mol. The SMILES string of the molecule is CCNCCNCCNCCN1CCNCC1. The molecule has 0 saturated carbocycles. The molecule has 1 rings (SSSR count). The second-order valence-corrected chi connectivity index (χ2v) is 4.45. The Bertz CT molecular complexity index is 159. The first-order valence-corrected chi connectivity index (χ1v) is 6.98. The molecule has 5 nitrogen and oxygen atoms in total. The highest BCUT2D eigenvalue weighted by molar-refractivity contribution is 4.68. The van der Waals surface area contributed by atoms with Crippen molar-refractivity contribution in [2.75, 3.05) is 72.0 Å². The van der Waals surface area contributed by atoms with E-state index in [9.17, 15) is 0 Å². The zero-order valence-electron chi connectivity index (χ0n) is 11.2. The Hall–Kier alpha value is -0.200. The second-order valence-electron chi connectivity index (χ2n) is 4.45. The summed E-state index contributed by atoms with van der Waals surface area (Å²) in [4.78, 5) is 2.52. The molecule has 0 aromatic rings. The quantitative estimate of drug-likeness (QED) is 0.359. The highest BCUT2D eigenvalue weighted by Gasteiger charge is 2.07. The van der Waals surface area contributed by atoms with Gasteiger partial charge in [-0.3, -0.25) is 4.90 Å². The maximum absolute atomic E-state index is 3.48. The van der Waals surface area contributed by atoms with Crippen molar-refractivity contribution < 1.29 is 0 Å². The van der Waals surface area contributed by atoms with E-state index >= 15 is 0 Å². The van der Waals surface area contributed by atoms with E-state index in [0.29, 0.717) is 0 Å². The van der Waals surface area contributed by atoms with E-state index in [4.69, 9.17) is 0 Å². The molecule has 0 aromatic carbocycles. The average Bonchev–Trinajstić information content (AvgIpc) is 2.38. The van der Waals surface area contributed by atoms with Gasteiger partial charge in [0.15, 0.2) is 0 Å². The number of nitrogens with one attached hydrogen (secondary N) is 4. The summed E-state index contributed by atoms with van der Waals surface area (Å²) >= 11 is 0. The third-order valence-corrected chi connectivity index (χ3v) is 3.02. The molecule has 1 fully saturated rings. The van der Waals surface area contributed by atoms with Gasteiger partial charge in [0.2, 0.25) is 0 Å². The minimum absolute atomic E-state index is 1.06. The van der Waals surface area contributed by atoms with Crippen LogP contribution in [0, 0.1) is 0 Å². The smallest absolute Gasteiger partial charge is 0.0108 e. The molecule has 4 N–H and O–H groups in total. The molecule has 1 saturated heterocycles. The Kier molecular flexibility index (Phi) is 9.55. The van der Waals surface area contributed by atoms with Gasteiger partial charge in [0.1, 0.15) is 0 Å². The first-order chi connectivity index (χ1) is 8.43. The highest BCUT2D eigenvalue weighted by Crippen LogP contribution is 1.89. The molecule has 0 unspecified atom stereocenters. The van der Waals surface area contributed by atoms with Crippen LogP contribution in [0.2, 0.25) is 0 Å². The summed E-state index contributed by atoms with van der Waals surface area (Å²) < 4.78 is 0. The van der Waals surface area contributed by atoms with Gasteiger partial charge in [-0.25, -0.2) is 0 Å². The molecule has 1 aliphatic rings. The molecule has 102 valence electrons. The van der Waals surface area contributed by atoms with Crippen LogP contribution in [-0.2, 0) is 0 Å². The summed E-state index contributed by atoms with van der Waals surface area (Å²) in [7, 11) is 0. The van der Waals surface area contributed by atoms with Gasteiger partial charge >= 0.3 is 0 Å². The van der Waals surface area contributed by atoms with Crippen molar-refractivity contribution in [1.82, 2.24) is 26.2 Å². The topological polar surface area (TPSA) is 51.4 Å². The van der Waals surface area contributed by atoms with Crippen LogP contribution in [0.5, 0.6) is 0 Å². The van der Waals surface area contributed by atoms with E-state index in [2.05, 4.69) is 33.1 Å². The summed E-state index contributed by atoms with van der Waals surface area (Å²) in [5, 5.41) is 13.6. The van der Waals surface area contributed by atoms with E-state index in [0.717, 1.165) is 52.4 Å². The van der Waals surface area contributed by atoms with Crippen LogP contribution >= 0.6 is 0 Å². The van der Waals surface area contributed by atoms with Crippen LogP contribution in [0.4, 0.5) is 0 Å². The lowest BCUT2D eigenvalue weighted by Crippen LogP contribution is -2.46. The molecule has 0 aromatic heterocycles. The van der Waals surface area contributed by atoms with E-state index in [-0.39, 0.29) is 0 Å². The van der Waals surface area contributed by atoms with Gasteiger partial charge in [-0.15, -0.1) is 0 Å². The molecule has 5 heteroatoms. The average molecular weight is 243 g/mol. The van der Waals surface area contributed by atoms with Crippen molar-refractivity contribution in [3.8, 4) is 0 Å². The summed E-state index contributed by atoms with van der Waals surface area (Å²) in [5.74, 6) is 0. The van der Waals surface area contributed by atoms with Gasteiger partial charge in [0.25, 0.3) is 0 Å². The Morgan fingerprint density at radius 1 is 0.882 bits per heavy atom. The number of hydrogen-bond acceptors (Lipinski definition) is 5. The molecular formula is C12H29N5. The number of piperazine rings is 1. The lowest BCUT2D eigenvalue weighted by molar-refractivity contribution is 0.241. The van der Waals surface area contributed by atoms with Gasteiger partial charge in [-0.1, -0.05) is 6.92 Å².